The van der Waals surface area contributed by atoms with Gasteiger partial charge in [0.15, 0.2) is 0 Å². The highest BCUT2D eigenvalue weighted by atomic mass is 35.5. The van der Waals surface area contributed by atoms with Crippen LogP contribution in [0.15, 0.2) is 30.3 Å². The van der Waals surface area contributed by atoms with E-state index in [1.807, 2.05) is 6.07 Å². The van der Waals surface area contributed by atoms with E-state index >= 15 is 0 Å². The van der Waals surface area contributed by atoms with Crippen LogP contribution in [0, 0.1) is 5.92 Å². The van der Waals surface area contributed by atoms with Gasteiger partial charge in [0.2, 0.25) is 5.91 Å². The average Bonchev–Trinajstić information content (AvgIpc) is 2.75. The second-order valence-electron chi connectivity index (χ2n) is 8.41. The summed E-state index contributed by atoms with van der Waals surface area (Å²) in [6, 6.07) is 8.90. The Balaban J connectivity index is 1.15. The molecule has 12 heteroatoms. The van der Waals surface area contributed by atoms with Crippen LogP contribution in [0.1, 0.15) is 25.7 Å². The lowest BCUT2D eigenvalue weighted by atomic mass is 9.92. The number of piperidine rings is 1. The smallest absolute Gasteiger partial charge is 0.368 e. The normalized spacial score (nSPS) is 21.8. The predicted octanol–water partition coefficient (Wildman–Crippen LogP) is 3.65. The Hall–Kier alpha value is -2.47. The largest absolute Gasteiger partial charge is 0.522 e. The number of nitrogens with zero attached hydrogens (tertiary/aromatic N) is 2. The molecule has 1 saturated heterocycles. The first kappa shape index (κ1) is 24.6. The Morgan fingerprint density at radius 3 is 2.56 bits per heavy atom. The van der Waals surface area contributed by atoms with Crippen molar-refractivity contribution in [3.05, 3.63) is 35.4 Å². The molecule has 0 unspecified atom stereocenters. The Morgan fingerprint density at radius 1 is 1.12 bits per heavy atom. The third kappa shape index (κ3) is 6.78. The number of carbonyl (C=O) groups is 2. The van der Waals surface area contributed by atoms with Crippen LogP contribution < -0.4 is 10.7 Å². The minimum atomic E-state index is -4.66. The molecule has 1 aromatic carbocycles. The van der Waals surface area contributed by atoms with Gasteiger partial charge >= 0.3 is 6.36 Å². The lowest BCUT2D eigenvalue weighted by molar-refractivity contribution is -0.357. The van der Waals surface area contributed by atoms with Gasteiger partial charge in [0.05, 0.1) is 17.7 Å². The maximum Gasteiger partial charge on any atom is 0.522 e. The van der Waals surface area contributed by atoms with E-state index in [0.29, 0.717) is 36.8 Å². The van der Waals surface area contributed by atoms with Gasteiger partial charge in [-0.2, -0.15) is 0 Å². The number of ether oxygens (including phenoxy) is 2. The quantitative estimate of drug-likeness (QED) is 0.603. The molecule has 2 fully saturated rings. The van der Waals surface area contributed by atoms with Crippen molar-refractivity contribution in [1.29, 1.82) is 0 Å². The highest BCUT2D eigenvalue weighted by Gasteiger charge is 2.40. The standard InChI is InChI=1S/C22H24ClF3N4O4/c23-15-2-3-18-14(9-15)1-4-19(27-18)28-21(32)13-5-7-30(8-6-13)29-20(31)12-33-16-10-17(11-16)34-22(24,25)26/h1-4,9,13,16-17H,5-8,10-12H2,(H,29,31)(H,27,28,32). The summed E-state index contributed by atoms with van der Waals surface area (Å²) in [5.41, 5.74) is 3.44. The van der Waals surface area contributed by atoms with Crippen molar-refractivity contribution < 1.29 is 32.2 Å². The average molecular weight is 501 g/mol. The molecule has 0 bridgehead atoms. The summed E-state index contributed by atoms with van der Waals surface area (Å²) in [4.78, 5) is 29.1. The second kappa shape index (κ2) is 10.4. The van der Waals surface area contributed by atoms with Gasteiger partial charge in [-0.3, -0.25) is 19.8 Å². The van der Waals surface area contributed by atoms with E-state index in [0.717, 1.165) is 10.9 Å². The van der Waals surface area contributed by atoms with Crippen LogP contribution in [0.3, 0.4) is 0 Å². The fraction of sp³-hybridized carbons (Fsp3) is 0.500. The highest BCUT2D eigenvalue weighted by molar-refractivity contribution is 6.31. The molecule has 1 saturated carbocycles. The number of pyridine rings is 1. The van der Waals surface area contributed by atoms with Gasteiger partial charge in [0, 0.05) is 42.3 Å². The molecule has 0 atom stereocenters. The topological polar surface area (TPSA) is 92.8 Å². The summed E-state index contributed by atoms with van der Waals surface area (Å²) in [5.74, 6) is -0.265. The summed E-state index contributed by atoms with van der Waals surface area (Å²) < 4.78 is 45.6. The number of aromatic nitrogens is 1. The molecule has 2 aromatic rings. The van der Waals surface area contributed by atoms with Crippen LogP contribution >= 0.6 is 11.6 Å². The molecule has 1 aromatic heterocycles. The van der Waals surface area contributed by atoms with Crippen molar-refractivity contribution >= 4 is 40.1 Å². The molecule has 8 nitrogen and oxygen atoms in total. The van der Waals surface area contributed by atoms with Crippen molar-refractivity contribution in [2.24, 2.45) is 5.92 Å². The molecule has 0 radical (unpaired) electrons. The van der Waals surface area contributed by atoms with Crippen molar-refractivity contribution in [1.82, 2.24) is 15.4 Å². The maximum atomic E-state index is 12.6. The van der Waals surface area contributed by atoms with Crippen LogP contribution in [0.4, 0.5) is 19.0 Å². The van der Waals surface area contributed by atoms with Gasteiger partial charge in [-0.25, -0.2) is 9.99 Å². The number of hydrogen-bond acceptors (Lipinski definition) is 6. The first-order chi connectivity index (χ1) is 16.1. The van der Waals surface area contributed by atoms with Crippen LogP contribution in [-0.4, -0.2) is 60.1 Å². The minimum Gasteiger partial charge on any atom is -0.368 e. The summed E-state index contributed by atoms with van der Waals surface area (Å²) in [5, 5.41) is 6.05. The number of anilines is 1. The van der Waals surface area contributed by atoms with Gasteiger partial charge in [0.1, 0.15) is 12.4 Å². The zero-order chi connectivity index (χ0) is 24.3. The fourth-order valence-corrected chi connectivity index (χ4v) is 4.17. The Kier molecular flexibility index (Phi) is 7.56. The lowest BCUT2D eigenvalue weighted by Gasteiger charge is -2.35. The van der Waals surface area contributed by atoms with Crippen LogP contribution in [-0.2, 0) is 19.1 Å². The second-order valence-corrected chi connectivity index (χ2v) is 8.85. The third-order valence-corrected chi connectivity index (χ3v) is 6.09. The first-order valence-electron chi connectivity index (χ1n) is 10.9. The summed E-state index contributed by atoms with van der Waals surface area (Å²) in [6.45, 7) is 0.722. The lowest BCUT2D eigenvalue weighted by Crippen LogP contribution is -2.50. The number of fused-ring (bicyclic) bond motifs is 1. The SMILES string of the molecule is O=C(COC1CC(OC(F)(F)F)C1)NN1CCC(C(=O)Nc2ccc3cc(Cl)ccc3n2)CC1. The van der Waals surface area contributed by atoms with E-state index in [4.69, 9.17) is 16.3 Å². The number of halogens is 4. The molecule has 34 heavy (non-hydrogen) atoms. The number of alkyl halides is 3. The van der Waals surface area contributed by atoms with Gasteiger partial charge in [-0.15, -0.1) is 13.2 Å². The summed E-state index contributed by atoms with van der Waals surface area (Å²) in [6.07, 6.45) is -4.68. The van der Waals surface area contributed by atoms with Gasteiger partial charge in [-0.05, 0) is 43.2 Å². The molecule has 184 valence electrons. The summed E-state index contributed by atoms with van der Waals surface area (Å²) >= 11 is 5.98. The molecular formula is C22H24ClF3N4O4. The first-order valence-corrected chi connectivity index (χ1v) is 11.3. The molecule has 2 heterocycles. The Labute approximate surface area is 198 Å². The highest BCUT2D eigenvalue weighted by Crippen LogP contribution is 2.32. The van der Waals surface area contributed by atoms with Gasteiger partial charge in [-0.1, -0.05) is 11.6 Å². The van der Waals surface area contributed by atoms with Crippen molar-refractivity contribution in [3.63, 3.8) is 0 Å². The van der Waals surface area contributed by atoms with E-state index in [2.05, 4.69) is 20.5 Å². The summed E-state index contributed by atoms with van der Waals surface area (Å²) in [7, 11) is 0. The van der Waals surface area contributed by atoms with Crippen molar-refractivity contribution in [2.45, 2.75) is 44.3 Å². The Morgan fingerprint density at radius 2 is 1.85 bits per heavy atom. The number of rotatable bonds is 7. The zero-order valence-electron chi connectivity index (χ0n) is 18.1. The van der Waals surface area contributed by atoms with Crippen molar-refractivity contribution in [2.75, 3.05) is 25.0 Å². The third-order valence-electron chi connectivity index (χ3n) is 5.85. The fourth-order valence-electron chi connectivity index (χ4n) is 3.99. The van der Waals surface area contributed by atoms with Gasteiger partial charge < -0.3 is 10.1 Å². The minimum absolute atomic E-state index is 0.104. The van der Waals surface area contributed by atoms with E-state index in [1.165, 1.54) is 0 Å². The number of hydrazine groups is 1. The maximum absolute atomic E-state index is 12.6. The molecule has 0 spiro atoms. The molecular weight excluding hydrogens is 477 g/mol. The number of hydrogen-bond donors (Lipinski definition) is 2. The predicted molar refractivity (Wildman–Crippen MR) is 118 cm³/mol. The molecule has 1 aliphatic heterocycles. The monoisotopic (exact) mass is 500 g/mol. The molecule has 2 N–H and O–H groups in total. The van der Waals surface area contributed by atoms with E-state index in [-0.39, 0.29) is 37.2 Å². The molecule has 4 rings (SSSR count). The zero-order valence-corrected chi connectivity index (χ0v) is 18.9. The number of nitrogens with one attached hydrogen (secondary N) is 2. The number of amides is 2. The van der Waals surface area contributed by atoms with Gasteiger partial charge in [0.25, 0.3) is 5.91 Å². The van der Waals surface area contributed by atoms with E-state index in [9.17, 15) is 22.8 Å². The number of benzene rings is 1. The molecule has 2 aliphatic rings. The van der Waals surface area contributed by atoms with E-state index in [1.54, 1.807) is 29.3 Å². The van der Waals surface area contributed by atoms with Crippen LogP contribution in [0.2, 0.25) is 5.02 Å². The Bertz CT molecular complexity index is 1040. The number of carbonyl (C=O) groups excluding carboxylic acids is 2. The molecule has 2 amide bonds. The molecule has 1 aliphatic carbocycles. The van der Waals surface area contributed by atoms with E-state index < -0.39 is 18.6 Å². The van der Waals surface area contributed by atoms with Crippen LogP contribution in [0.5, 0.6) is 0 Å². The van der Waals surface area contributed by atoms with Crippen molar-refractivity contribution in [3.8, 4) is 0 Å². The van der Waals surface area contributed by atoms with Crippen LogP contribution in [0.25, 0.3) is 10.9 Å².